The van der Waals surface area contributed by atoms with Crippen molar-refractivity contribution < 1.29 is 0 Å². The highest BCUT2D eigenvalue weighted by molar-refractivity contribution is 4.93. The molecular weight excluding hydrogens is 210 g/mol. The van der Waals surface area contributed by atoms with E-state index in [-0.39, 0.29) is 0 Å². The molecule has 3 aliphatic rings. The fourth-order valence-electron chi connectivity index (χ4n) is 4.04. The summed E-state index contributed by atoms with van der Waals surface area (Å²) in [6, 6.07) is 1.75. The van der Waals surface area contributed by atoms with Crippen LogP contribution in [-0.4, -0.2) is 61.2 Å². The van der Waals surface area contributed by atoms with Gasteiger partial charge in [0.05, 0.1) is 0 Å². The molecule has 0 radical (unpaired) electrons. The minimum atomic E-state index is 0.871. The Kier molecular flexibility index (Phi) is 3.99. The summed E-state index contributed by atoms with van der Waals surface area (Å²) >= 11 is 0. The van der Waals surface area contributed by atoms with E-state index in [4.69, 9.17) is 0 Å². The Balaban J connectivity index is 1.61. The summed E-state index contributed by atoms with van der Waals surface area (Å²) in [6.07, 6.45) is 8.68. The molecule has 0 spiro atoms. The van der Waals surface area contributed by atoms with Crippen LogP contribution in [0.1, 0.15) is 38.5 Å². The van der Waals surface area contributed by atoms with Crippen LogP contribution in [0.25, 0.3) is 0 Å². The maximum atomic E-state index is 3.48. The van der Waals surface area contributed by atoms with E-state index < -0.39 is 0 Å². The quantitative estimate of drug-likeness (QED) is 0.781. The summed E-state index contributed by atoms with van der Waals surface area (Å²) < 4.78 is 0. The van der Waals surface area contributed by atoms with E-state index in [1.54, 1.807) is 0 Å². The predicted molar refractivity (Wildman–Crippen MR) is 71.3 cm³/mol. The van der Waals surface area contributed by atoms with Gasteiger partial charge in [-0.3, -0.25) is 9.80 Å². The molecule has 2 saturated heterocycles. The number of nitrogens with zero attached hydrogens (tertiary/aromatic N) is 2. The van der Waals surface area contributed by atoms with Crippen molar-refractivity contribution in [1.82, 2.24) is 15.1 Å². The van der Waals surface area contributed by atoms with E-state index in [0.717, 1.165) is 12.1 Å². The first-order chi connectivity index (χ1) is 8.45. The first-order valence-corrected chi connectivity index (χ1v) is 7.64. The van der Waals surface area contributed by atoms with Crippen LogP contribution in [0.4, 0.5) is 0 Å². The third-order valence-corrected chi connectivity index (χ3v) is 4.92. The molecule has 17 heavy (non-hydrogen) atoms. The fourth-order valence-corrected chi connectivity index (χ4v) is 4.04. The van der Waals surface area contributed by atoms with Crippen molar-refractivity contribution in [3.8, 4) is 0 Å². The second kappa shape index (κ2) is 5.68. The molecule has 1 aliphatic carbocycles. The Bertz CT molecular complexity index is 208. The monoisotopic (exact) mass is 237 g/mol. The number of rotatable bonds is 2. The molecule has 3 heteroatoms. The van der Waals surface area contributed by atoms with E-state index in [2.05, 4.69) is 15.1 Å². The molecule has 2 heterocycles. The average molecular weight is 237 g/mol. The van der Waals surface area contributed by atoms with Gasteiger partial charge in [0, 0.05) is 38.3 Å². The first kappa shape index (κ1) is 11.9. The number of piperidine rings is 1. The number of likely N-dealkylation sites (tertiary alicyclic amines) is 1. The normalized spacial score (nSPS) is 37.4. The van der Waals surface area contributed by atoms with E-state index >= 15 is 0 Å². The molecule has 2 aliphatic heterocycles. The smallest absolute Gasteiger partial charge is 0.0252 e. The molecule has 1 N–H and O–H groups in total. The van der Waals surface area contributed by atoms with Crippen LogP contribution in [0.2, 0.25) is 0 Å². The molecule has 2 atom stereocenters. The van der Waals surface area contributed by atoms with Crippen LogP contribution in [-0.2, 0) is 0 Å². The van der Waals surface area contributed by atoms with Gasteiger partial charge in [-0.25, -0.2) is 0 Å². The van der Waals surface area contributed by atoms with E-state index in [9.17, 15) is 0 Å². The topological polar surface area (TPSA) is 18.5 Å². The van der Waals surface area contributed by atoms with Crippen molar-refractivity contribution in [3.05, 3.63) is 0 Å². The summed E-state index contributed by atoms with van der Waals surface area (Å²) in [6.45, 7) is 7.68. The second-order valence-electron chi connectivity index (χ2n) is 5.95. The summed E-state index contributed by atoms with van der Waals surface area (Å²) in [4.78, 5) is 5.58. The Labute approximate surface area is 106 Å². The van der Waals surface area contributed by atoms with Crippen molar-refractivity contribution in [3.63, 3.8) is 0 Å². The fraction of sp³-hybridized carbons (Fsp3) is 1.00. The molecule has 0 aromatic carbocycles. The highest BCUT2D eigenvalue weighted by Crippen LogP contribution is 2.30. The van der Waals surface area contributed by atoms with Crippen LogP contribution < -0.4 is 5.32 Å². The van der Waals surface area contributed by atoms with Gasteiger partial charge >= 0.3 is 0 Å². The minimum absolute atomic E-state index is 0.871. The molecule has 0 aromatic heterocycles. The van der Waals surface area contributed by atoms with Crippen molar-refractivity contribution in [2.45, 2.75) is 50.6 Å². The van der Waals surface area contributed by atoms with Crippen LogP contribution in [0.15, 0.2) is 0 Å². The molecule has 0 unspecified atom stereocenters. The van der Waals surface area contributed by atoms with Gasteiger partial charge in [-0.05, 0) is 38.8 Å². The third kappa shape index (κ3) is 2.67. The molecular formula is C14H27N3. The lowest BCUT2D eigenvalue weighted by atomic mass is 10.0. The highest BCUT2D eigenvalue weighted by atomic mass is 15.3. The van der Waals surface area contributed by atoms with Gasteiger partial charge in [-0.1, -0.05) is 12.8 Å². The van der Waals surface area contributed by atoms with E-state index in [1.807, 2.05) is 0 Å². The molecule has 0 aromatic rings. The van der Waals surface area contributed by atoms with Crippen molar-refractivity contribution >= 4 is 0 Å². The van der Waals surface area contributed by atoms with Gasteiger partial charge in [0.25, 0.3) is 0 Å². The van der Waals surface area contributed by atoms with Gasteiger partial charge in [0.15, 0.2) is 0 Å². The zero-order chi connectivity index (χ0) is 11.5. The first-order valence-electron chi connectivity index (χ1n) is 7.64. The van der Waals surface area contributed by atoms with Crippen LogP contribution in [0.5, 0.6) is 0 Å². The highest BCUT2D eigenvalue weighted by Gasteiger charge is 2.36. The Morgan fingerprint density at radius 3 is 1.88 bits per heavy atom. The summed E-state index contributed by atoms with van der Waals surface area (Å²) in [5.41, 5.74) is 0. The lowest BCUT2D eigenvalue weighted by Gasteiger charge is -2.41. The molecule has 98 valence electrons. The number of hydrogen-bond acceptors (Lipinski definition) is 3. The molecule has 3 nitrogen and oxygen atoms in total. The summed E-state index contributed by atoms with van der Waals surface area (Å²) in [5.74, 6) is 0. The molecule has 1 saturated carbocycles. The second-order valence-corrected chi connectivity index (χ2v) is 5.95. The number of nitrogens with one attached hydrogen (secondary N) is 1. The van der Waals surface area contributed by atoms with Gasteiger partial charge in [-0.15, -0.1) is 0 Å². The number of hydrogen-bond donors (Lipinski definition) is 1. The van der Waals surface area contributed by atoms with Gasteiger partial charge < -0.3 is 5.32 Å². The lowest BCUT2D eigenvalue weighted by Crippen LogP contribution is -2.55. The van der Waals surface area contributed by atoms with Crippen LogP contribution in [0.3, 0.4) is 0 Å². The van der Waals surface area contributed by atoms with Gasteiger partial charge in [-0.2, -0.15) is 0 Å². The summed E-state index contributed by atoms with van der Waals surface area (Å²) in [5, 5.41) is 3.48. The maximum absolute atomic E-state index is 3.48. The standard InChI is InChI=1S/C14H27N3/c1-2-9-16(10-3-1)13-5-4-6-14(13)17-11-7-15-8-12-17/h13-15H,1-12H2/t13-,14-/m0/s1. The third-order valence-electron chi connectivity index (χ3n) is 4.92. The van der Waals surface area contributed by atoms with Crippen LogP contribution in [0, 0.1) is 0 Å². The molecule has 0 bridgehead atoms. The minimum Gasteiger partial charge on any atom is -0.314 e. The SMILES string of the molecule is C1CCN([C@H]2CCC[C@@H]2N2CCNCC2)CC1. The van der Waals surface area contributed by atoms with E-state index in [0.29, 0.717) is 0 Å². The maximum Gasteiger partial charge on any atom is 0.0252 e. The molecule has 3 fully saturated rings. The van der Waals surface area contributed by atoms with Crippen molar-refractivity contribution in [1.29, 1.82) is 0 Å². The summed E-state index contributed by atoms with van der Waals surface area (Å²) in [7, 11) is 0. The molecule has 3 rings (SSSR count). The Morgan fingerprint density at radius 2 is 1.24 bits per heavy atom. The Hall–Kier alpha value is -0.120. The predicted octanol–water partition coefficient (Wildman–Crippen LogP) is 1.30. The molecule has 0 amide bonds. The average Bonchev–Trinajstić information content (AvgIpc) is 2.90. The van der Waals surface area contributed by atoms with Crippen molar-refractivity contribution in [2.75, 3.05) is 39.3 Å². The van der Waals surface area contributed by atoms with Gasteiger partial charge in [0.1, 0.15) is 0 Å². The lowest BCUT2D eigenvalue weighted by molar-refractivity contribution is 0.0749. The van der Waals surface area contributed by atoms with E-state index in [1.165, 1.54) is 77.8 Å². The van der Waals surface area contributed by atoms with Crippen LogP contribution >= 0.6 is 0 Å². The van der Waals surface area contributed by atoms with Crippen molar-refractivity contribution in [2.24, 2.45) is 0 Å². The largest absolute Gasteiger partial charge is 0.314 e. The zero-order valence-electron chi connectivity index (χ0n) is 11.0. The van der Waals surface area contributed by atoms with Gasteiger partial charge in [0.2, 0.25) is 0 Å². The Morgan fingerprint density at radius 1 is 0.647 bits per heavy atom. The zero-order valence-corrected chi connectivity index (χ0v) is 11.0. The number of piperazine rings is 1.